The van der Waals surface area contributed by atoms with Crippen molar-refractivity contribution >= 4 is 11.7 Å². The maximum Gasteiger partial charge on any atom is 0.162 e. The first kappa shape index (κ1) is 14.7. The van der Waals surface area contributed by atoms with Crippen LogP contribution >= 0.6 is 0 Å². The van der Waals surface area contributed by atoms with Gasteiger partial charge >= 0.3 is 0 Å². The lowest BCUT2D eigenvalue weighted by molar-refractivity contribution is 0.337. The van der Waals surface area contributed by atoms with E-state index in [0.717, 1.165) is 48.7 Å². The summed E-state index contributed by atoms with van der Waals surface area (Å²) in [5.74, 6) is 0.823. The molecule has 1 aromatic rings. The lowest BCUT2D eigenvalue weighted by Crippen LogP contribution is -2.40. The summed E-state index contributed by atoms with van der Waals surface area (Å²) in [6, 6.07) is 0.331. The standard InChI is InChI=1S/C14H24N6/c1-9-8-19(4)6-5-7-20(9)14-12(13(15)16)10(2)11(3)17-18-14/h9H,5-8H2,1-4H3,(H3,15,16). The zero-order valence-electron chi connectivity index (χ0n) is 12.8. The van der Waals surface area contributed by atoms with E-state index in [1.165, 1.54) is 0 Å². The first-order valence-electron chi connectivity index (χ1n) is 7.05. The number of hydrogen-bond donors (Lipinski definition) is 2. The molecule has 0 saturated carbocycles. The highest BCUT2D eigenvalue weighted by atomic mass is 15.3. The van der Waals surface area contributed by atoms with Crippen molar-refractivity contribution in [2.45, 2.75) is 33.2 Å². The Hall–Kier alpha value is -1.69. The molecule has 1 fully saturated rings. The zero-order valence-corrected chi connectivity index (χ0v) is 12.8. The van der Waals surface area contributed by atoms with Crippen molar-refractivity contribution in [1.29, 1.82) is 5.41 Å². The predicted octanol–water partition coefficient (Wildman–Crippen LogP) is 0.908. The van der Waals surface area contributed by atoms with Gasteiger partial charge in [0.1, 0.15) is 5.84 Å². The highest BCUT2D eigenvalue weighted by Gasteiger charge is 2.25. The minimum Gasteiger partial charge on any atom is -0.384 e. The summed E-state index contributed by atoms with van der Waals surface area (Å²) in [5, 5.41) is 16.4. The van der Waals surface area contributed by atoms with E-state index >= 15 is 0 Å². The second-order valence-corrected chi connectivity index (χ2v) is 5.68. The van der Waals surface area contributed by atoms with Crippen molar-refractivity contribution in [3.63, 3.8) is 0 Å². The molecule has 1 aromatic heterocycles. The lowest BCUT2D eigenvalue weighted by Gasteiger charge is -2.30. The second-order valence-electron chi connectivity index (χ2n) is 5.68. The smallest absolute Gasteiger partial charge is 0.162 e. The molecule has 0 bridgehead atoms. The Morgan fingerprint density at radius 1 is 1.30 bits per heavy atom. The molecule has 1 unspecified atom stereocenters. The minimum absolute atomic E-state index is 0.0697. The molecule has 1 aliphatic rings. The van der Waals surface area contributed by atoms with E-state index in [1.807, 2.05) is 13.8 Å². The maximum absolute atomic E-state index is 7.87. The molecule has 0 amide bonds. The Morgan fingerprint density at radius 3 is 2.65 bits per heavy atom. The fourth-order valence-electron chi connectivity index (χ4n) is 2.81. The lowest BCUT2D eigenvalue weighted by atomic mass is 10.1. The molecule has 0 spiro atoms. The monoisotopic (exact) mass is 276 g/mol. The Balaban J connectivity index is 2.46. The Morgan fingerprint density at radius 2 is 2.00 bits per heavy atom. The third-order valence-electron chi connectivity index (χ3n) is 4.02. The van der Waals surface area contributed by atoms with Gasteiger partial charge in [-0.3, -0.25) is 5.41 Å². The average molecular weight is 276 g/mol. The fourth-order valence-corrected chi connectivity index (χ4v) is 2.81. The largest absolute Gasteiger partial charge is 0.384 e. The van der Waals surface area contributed by atoms with Gasteiger partial charge in [-0.2, -0.15) is 5.10 Å². The van der Waals surface area contributed by atoms with Crippen molar-refractivity contribution in [3.8, 4) is 0 Å². The van der Waals surface area contributed by atoms with Crippen LogP contribution in [0.15, 0.2) is 0 Å². The highest BCUT2D eigenvalue weighted by molar-refractivity contribution is 6.01. The van der Waals surface area contributed by atoms with Gasteiger partial charge in [0, 0.05) is 19.1 Å². The molecule has 20 heavy (non-hydrogen) atoms. The van der Waals surface area contributed by atoms with E-state index in [-0.39, 0.29) is 5.84 Å². The van der Waals surface area contributed by atoms with Crippen LogP contribution in [0.25, 0.3) is 0 Å². The SMILES string of the molecule is Cc1nnc(N2CCCN(C)CC2C)c(C(=N)N)c1C. The number of likely N-dealkylation sites (N-methyl/N-ethyl adjacent to an activating group) is 1. The number of nitrogens with zero attached hydrogens (tertiary/aromatic N) is 4. The topological polar surface area (TPSA) is 82.1 Å². The number of amidine groups is 1. The number of hydrogen-bond acceptors (Lipinski definition) is 5. The van der Waals surface area contributed by atoms with Gasteiger partial charge in [0.15, 0.2) is 5.82 Å². The maximum atomic E-state index is 7.87. The molecule has 1 atom stereocenters. The van der Waals surface area contributed by atoms with E-state index in [4.69, 9.17) is 11.1 Å². The second kappa shape index (κ2) is 5.75. The number of nitrogens with two attached hydrogens (primary N) is 1. The molecule has 6 heteroatoms. The summed E-state index contributed by atoms with van der Waals surface area (Å²) in [6.07, 6.45) is 1.08. The molecular weight excluding hydrogens is 252 g/mol. The number of aryl methyl sites for hydroxylation is 1. The normalized spacial score (nSPS) is 20.8. The van der Waals surface area contributed by atoms with Gasteiger partial charge in [-0.1, -0.05) is 0 Å². The Labute approximate surface area is 120 Å². The molecule has 0 aliphatic carbocycles. The summed E-state index contributed by atoms with van der Waals surface area (Å²) in [4.78, 5) is 4.56. The number of aromatic nitrogens is 2. The zero-order chi connectivity index (χ0) is 14.9. The molecule has 3 N–H and O–H groups in total. The van der Waals surface area contributed by atoms with Crippen molar-refractivity contribution in [3.05, 3.63) is 16.8 Å². The van der Waals surface area contributed by atoms with Crippen LogP contribution < -0.4 is 10.6 Å². The van der Waals surface area contributed by atoms with Crippen molar-refractivity contribution in [1.82, 2.24) is 15.1 Å². The van der Waals surface area contributed by atoms with Gasteiger partial charge in [0.05, 0.1) is 11.3 Å². The molecule has 1 saturated heterocycles. The fraction of sp³-hybridized carbons (Fsp3) is 0.643. The van der Waals surface area contributed by atoms with E-state index in [1.54, 1.807) is 0 Å². The summed E-state index contributed by atoms with van der Waals surface area (Å²) >= 11 is 0. The highest BCUT2D eigenvalue weighted by Crippen LogP contribution is 2.25. The van der Waals surface area contributed by atoms with Crippen LogP contribution in [0, 0.1) is 19.3 Å². The molecule has 0 radical (unpaired) electrons. The Bertz CT molecular complexity index is 513. The third kappa shape index (κ3) is 2.75. The molecule has 2 rings (SSSR count). The van der Waals surface area contributed by atoms with Crippen molar-refractivity contribution < 1.29 is 0 Å². The first-order valence-corrected chi connectivity index (χ1v) is 7.05. The van der Waals surface area contributed by atoms with Crippen LogP contribution in [0.2, 0.25) is 0 Å². The van der Waals surface area contributed by atoms with E-state index in [0.29, 0.717) is 6.04 Å². The molecular formula is C14H24N6. The summed E-state index contributed by atoms with van der Waals surface area (Å²) in [7, 11) is 2.14. The first-order chi connectivity index (χ1) is 9.41. The van der Waals surface area contributed by atoms with Crippen LogP contribution in [0.1, 0.15) is 30.2 Å². The molecule has 6 nitrogen and oxygen atoms in total. The quantitative estimate of drug-likeness (QED) is 0.620. The molecule has 110 valence electrons. The van der Waals surface area contributed by atoms with Crippen LogP contribution in [-0.2, 0) is 0 Å². The van der Waals surface area contributed by atoms with E-state index in [2.05, 4.69) is 34.0 Å². The van der Waals surface area contributed by atoms with Gasteiger partial charge in [-0.05, 0) is 46.3 Å². The van der Waals surface area contributed by atoms with Gasteiger partial charge < -0.3 is 15.5 Å². The van der Waals surface area contributed by atoms with E-state index in [9.17, 15) is 0 Å². The third-order valence-corrected chi connectivity index (χ3v) is 4.02. The number of rotatable bonds is 2. The predicted molar refractivity (Wildman–Crippen MR) is 81.4 cm³/mol. The van der Waals surface area contributed by atoms with Gasteiger partial charge in [-0.15, -0.1) is 5.10 Å². The Kier molecular flexibility index (Phi) is 4.23. The summed E-state index contributed by atoms with van der Waals surface area (Å²) in [6.45, 7) is 9.02. The van der Waals surface area contributed by atoms with Crippen LogP contribution in [0.4, 0.5) is 5.82 Å². The summed E-state index contributed by atoms with van der Waals surface area (Å²) in [5.41, 5.74) is 8.29. The van der Waals surface area contributed by atoms with Crippen molar-refractivity contribution in [2.75, 3.05) is 31.6 Å². The minimum atomic E-state index is 0.0697. The average Bonchev–Trinajstić information content (AvgIpc) is 2.53. The van der Waals surface area contributed by atoms with E-state index < -0.39 is 0 Å². The van der Waals surface area contributed by atoms with Crippen molar-refractivity contribution in [2.24, 2.45) is 5.73 Å². The van der Waals surface area contributed by atoms with Crippen LogP contribution in [0.5, 0.6) is 0 Å². The summed E-state index contributed by atoms with van der Waals surface area (Å²) < 4.78 is 0. The molecule has 1 aliphatic heterocycles. The van der Waals surface area contributed by atoms with Gasteiger partial charge in [0.25, 0.3) is 0 Å². The number of nitrogens with one attached hydrogen (secondary N) is 1. The van der Waals surface area contributed by atoms with Crippen LogP contribution in [-0.4, -0.2) is 53.7 Å². The van der Waals surface area contributed by atoms with Gasteiger partial charge in [-0.25, -0.2) is 0 Å². The number of anilines is 1. The molecule has 2 heterocycles. The number of nitrogen functional groups attached to an aromatic ring is 1. The van der Waals surface area contributed by atoms with Crippen LogP contribution in [0.3, 0.4) is 0 Å². The van der Waals surface area contributed by atoms with Gasteiger partial charge in [0.2, 0.25) is 0 Å². The molecule has 0 aromatic carbocycles.